The van der Waals surface area contributed by atoms with E-state index in [0.717, 1.165) is 36.5 Å². The van der Waals surface area contributed by atoms with Crippen LogP contribution in [-0.2, 0) is 17.8 Å². The monoisotopic (exact) mass is 345 g/mol. The lowest BCUT2D eigenvalue weighted by Gasteiger charge is -2.30. The van der Waals surface area contributed by atoms with Gasteiger partial charge in [-0.25, -0.2) is 0 Å². The second-order valence-electron chi connectivity index (χ2n) is 6.75. The quantitative estimate of drug-likeness (QED) is 0.866. The van der Waals surface area contributed by atoms with Crippen molar-refractivity contribution in [3.8, 4) is 5.75 Å². The van der Waals surface area contributed by atoms with Crippen molar-refractivity contribution in [2.45, 2.75) is 32.5 Å². The van der Waals surface area contributed by atoms with Crippen LogP contribution in [-0.4, -0.2) is 58.3 Å². The first kappa shape index (κ1) is 17.9. The zero-order valence-corrected chi connectivity index (χ0v) is 15.0. The fourth-order valence-electron chi connectivity index (χ4n) is 3.07. The average molecular weight is 345 g/mol. The average Bonchev–Trinajstić information content (AvgIpc) is 2.97. The molecule has 1 aliphatic rings. The fourth-order valence-corrected chi connectivity index (χ4v) is 3.07. The highest BCUT2D eigenvalue weighted by Crippen LogP contribution is 2.20. The van der Waals surface area contributed by atoms with Crippen molar-refractivity contribution in [2.24, 2.45) is 0 Å². The summed E-state index contributed by atoms with van der Waals surface area (Å²) >= 11 is 0. The maximum absolute atomic E-state index is 11.0. The van der Waals surface area contributed by atoms with Crippen LogP contribution in [0.4, 0.5) is 0 Å². The zero-order chi connectivity index (χ0) is 17.7. The van der Waals surface area contributed by atoms with Gasteiger partial charge in [0.05, 0.1) is 19.4 Å². The number of aliphatic hydroxyl groups is 1. The van der Waals surface area contributed by atoms with Crippen molar-refractivity contribution in [1.82, 2.24) is 14.7 Å². The van der Waals surface area contributed by atoms with E-state index in [2.05, 4.69) is 23.1 Å². The third-order valence-corrected chi connectivity index (χ3v) is 4.45. The second-order valence-corrected chi connectivity index (χ2v) is 6.75. The van der Waals surface area contributed by atoms with Crippen molar-refractivity contribution in [3.63, 3.8) is 0 Å². The molecule has 2 heterocycles. The molecule has 1 aromatic carbocycles. The minimum Gasteiger partial charge on any atom is -0.490 e. The first-order chi connectivity index (χ1) is 12.1. The van der Waals surface area contributed by atoms with Crippen LogP contribution in [0.25, 0.3) is 0 Å². The van der Waals surface area contributed by atoms with Crippen LogP contribution in [0.1, 0.15) is 18.1 Å². The molecule has 1 aliphatic heterocycles. The Morgan fingerprint density at radius 3 is 2.96 bits per heavy atom. The van der Waals surface area contributed by atoms with Crippen molar-refractivity contribution in [1.29, 1.82) is 0 Å². The van der Waals surface area contributed by atoms with Crippen LogP contribution in [0.15, 0.2) is 36.7 Å². The second kappa shape index (κ2) is 7.99. The Morgan fingerprint density at radius 1 is 1.36 bits per heavy atom. The van der Waals surface area contributed by atoms with Gasteiger partial charge in [0.1, 0.15) is 18.0 Å². The van der Waals surface area contributed by atoms with E-state index in [0.29, 0.717) is 13.2 Å². The predicted octanol–water partition coefficient (Wildman–Crippen LogP) is 1.85. The number of aryl methyl sites for hydroxylation is 2. The van der Waals surface area contributed by atoms with Gasteiger partial charge < -0.3 is 14.6 Å². The van der Waals surface area contributed by atoms with E-state index in [-0.39, 0.29) is 13.2 Å². The minimum atomic E-state index is -1.03. The zero-order valence-electron chi connectivity index (χ0n) is 15.0. The van der Waals surface area contributed by atoms with Gasteiger partial charge >= 0.3 is 0 Å². The molecule has 25 heavy (non-hydrogen) atoms. The molecule has 6 nitrogen and oxygen atoms in total. The Labute approximate surface area is 149 Å². The van der Waals surface area contributed by atoms with Crippen LogP contribution in [0, 0.1) is 6.92 Å². The summed E-state index contributed by atoms with van der Waals surface area (Å²) in [6.45, 7) is 8.06. The summed E-state index contributed by atoms with van der Waals surface area (Å²) in [4.78, 5) is 2.20. The number of β-amino-alcohol motifs (C(OH)–C–C–N with tert-alkyl or cyclic N) is 1. The maximum Gasteiger partial charge on any atom is 0.134 e. The summed E-state index contributed by atoms with van der Waals surface area (Å²) in [5.41, 5.74) is 1.18. The Morgan fingerprint density at radius 2 is 2.20 bits per heavy atom. The summed E-state index contributed by atoms with van der Waals surface area (Å²) < 4.78 is 13.4. The van der Waals surface area contributed by atoms with Gasteiger partial charge in [-0.2, -0.15) is 5.10 Å². The van der Waals surface area contributed by atoms with Crippen LogP contribution >= 0.6 is 0 Å². The van der Waals surface area contributed by atoms with Crippen molar-refractivity contribution in [2.75, 3.05) is 32.9 Å². The number of benzene rings is 1. The lowest BCUT2D eigenvalue weighted by molar-refractivity contribution is -0.0647. The standard InChI is InChI=1S/C19H27N3O3/c1-3-22-12-17(10-20-22)11-21-8-9-24-14-19(23,13-21)15-25-18-7-5-4-6-16(18)2/h4-7,10,12,23H,3,8-9,11,13-15H2,1-2H3/t19-/m0/s1. The van der Waals surface area contributed by atoms with Crippen LogP contribution in [0.5, 0.6) is 5.75 Å². The largest absolute Gasteiger partial charge is 0.490 e. The van der Waals surface area contributed by atoms with Gasteiger partial charge in [-0.1, -0.05) is 18.2 Å². The summed E-state index contributed by atoms with van der Waals surface area (Å²) in [6.07, 6.45) is 3.94. The summed E-state index contributed by atoms with van der Waals surface area (Å²) in [7, 11) is 0. The van der Waals surface area contributed by atoms with E-state index in [1.807, 2.05) is 42.1 Å². The predicted molar refractivity (Wildman–Crippen MR) is 95.6 cm³/mol. The van der Waals surface area contributed by atoms with Gasteiger partial charge in [-0.3, -0.25) is 9.58 Å². The minimum absolute atomic E-state index is 0.211. The molecule has 1 fully saturated rings. The molecule has 0 unspecified atom stereocenters. The van der Waals surface area contributed by atoms with Gasteiger partial charge in [-0.05, 0) is 25.5 Å². The Kier molecular flexibility index (Phi) is 5.73. The number of hydrogen-bond acceptors (Lipinski definition) is 5. The van der Waals surface area contributed by atoms with Gasteiger partial charge in [0, 0.05) is 37.9 Å². The molecule has 1 N–H and O–H groups in total. The third-order valence-electron chi connectivity index (χ3n) is 4.45. The normalized spacial score (nSPS) is 21.9. The summed E-state index contributed by atoms with van der Waals surface area (Å²) in [5, 5.41) is 15.3. The number of nitrogens with zero attached hydrogens (tertiary/aromatic N) is 3. The molecule has 0 saturated carbocycles. The smallest absolute Gasteiger partial charge is 0.134 e. The first-order valence-electron chi connectivity index (χ1n) is 8.80. The Hall–Kier alpha value is -1.89. The molecule has 2 aromatic rings. The van der Waals surface area contributed by atoms with E-state index in [1.165, 1.54) is 0 Å². The number of aromatic nitrogens is 2. The lowest BCUT2D eigenvalue weighted by atomic mass is 10.1. The molecule has 0 amide bonds. The van der Waals surface area contributed by atoms with Crippen LogP contribution in [0.2, 0.25) is 0 Å². The topological polar surface area (TPSA) is 59.8 Å². The maximum atomic E-state index is 11.0. The number of ether oxygens (including phenoxy) is 2. The number of rotatable bonds is 6. The molecule has 1 atom stereocenters. The summed E-state index contributed by atoms with van der Waals surface area (Å²) in [5.74, 6) is 0.802. The highest BCUT2D eigenvalue weighted by Gasteiger charge is 2.33. The molecule has 1 aromatic heterocycles. The molecule has 3 rings (SSSR count). The van der Waals surface area contributed by atoms with E-state index < -0.39 is 5.60 Å². The highest BCUT2D eigenvalue weighted by molar-refractivity contribution is 5.31. The number of hydrogen-bond donors (Lipinski definition) is 1. The van der Waals surface area contributed by atoms with E-state index in [1.54, 1.807) is 0 Å². The van der Waals surface area contributed by atoms with Gasteiger partial charge in [0.25, 0.3) is 0 Å². The van der Waals surface area contributed by atoms with Crippen molar-refractivity contribution in [3.05, 3.63) is 47.8 Å². The Balaban J connectivity index is 1.62. The van der Waals surface area contributed by atoms with Gasteiger partial charge in [0.15, 0.2) is 0 Å². The SMILES string of the molecule is CCn1cc(CN2CCOC[C@](O)(COc3ccccc3C)C2)cn1. The molecule has 0 aliphatic carbocycles. The molecule has 0 bridgehead atoms. The molecule has 1 saturated heterocycles. The van der Waals surface area contributed by atoms with Crippen molar-refractivity contribution < 1.29 is 14.6 Å². The van der Waals surface area contributed by atoms with Gasteiger partial charge in [0.2, 0.25) is 0 Å². The first-order valence-corrected chi connectivity index (χ1v) is 8.80. The van der Waals surface area contributed by atoms with E-state index >= 15 is 0 Å². The Bertz CT molecular complexity index is 688. The molecule has 6 heteroatoms. The summed E-state index contributed by atoms with van der Waals surface area (Å²) in [6, 6.07) is 7.84. The lowest BCUT2D eigenvalue weighted by Crippen LogP contribution is -2.48. The molecular formula is C19H27N3O3. The van der Waals surface area contributed by atoms with Gasteiger partial charge in [-0.15, -0.1) is 0 Å². The number of para-hydroxylation sites is 1. The molecule has 0 spiro atoms. The van der Waals surface area contributed by atoms with E-state index in [9.17, 15) is 5.11 Å². The highest BCUT2D eigenvalue weighted by atomic mass is 16.5. The molecule has 136 valence electrons. The van der Waals surface area contributed by atoms with E-state index in [4.69, 9.17) is 9.47 Å². The van der Waals surface area contributed by atoms with Crippen molar-refractivity contribution >= 4 is 0 Å². The third kappa shape index (κ3) is 4.81. The van der Waals surface area contributed by atoms with Crippen LogP contribution in [0.3, 0.4) is 0 Å². The molecule has 0 radical (unpaired) electrons. The fraction of sp³-hybridized carbons (Fsp3) is 0.526. The van der Waals surface area contributed by atoms with Crippen LogP contribution < -0.4 is 4.74 Å². The molecular weight excluding hydrogens is 318 g/mol.